The van der Waals surface area contributed by atoms with Gasteiger partial charge in [0.05, 0.1) is 0 Å². The van der Waals surface area contributed by atoms with Gasteiger partial charge in [-0.05, 0) is 32.5 Å². The molecule has 1 atom stereocenters. The van der Waals surface area contributed by atoms with Gasteiger partial charge in [-0.2, -0.15) is 13.2 Å². The number of alkyl halides is 4. The van der Waals surface area contributed by atoms with Gasteiger partial charge in [0.1, 0.15) is 0 Å². The third kappa shape index (κ3) is 6.79. The van der Waals surface area contributed by atoms with Crippen LogP contribution in [0.2, 0.25) is 0 Å². The Morgan fingerprint density at radius 3 is 2.21 bits per heavy atom. The molecule has 0 saturated carbocycles. The van der Waals surface area contributed by atoms with Gasteiger partial charge >= 0.3 is 5.51 Å². The number of halogens is 4. The Bertz CT molecular complexity index is 170. The Morgan fingerprint density at radius 2 is 1.86 bits per heavy atom. The van der Waals surface area contributed by atoms with Crippen molar-refractivity contribution in [2.75, 3.05) is 12.3 Å². The van der Waals surface area contributed by atoms with Crippen LogP contribution in [0.15, 0.2) is 0 Å². The molecule has 0 aliphatic carbocycles. The average Bonchev–Trinajstić information content (AvgIpc) is 1.96. The molecule has 0 radical (unpaired) electrons. The molecule has 0 spiro atoms. The van der Waals surface area contributed by atoms with Crippen LogP contribution in [0, 0.1) is 0 Å². The van der Waals surface area contributed by atoms with E-state index in [0.29, 0.717) is 6.54 Å². The number of hydrogen-bond acceptors (Lipinski definition) is 2. The molecule has 0 aliphatic rings. The minimum atomic E-state index is -4.14. The molecule has 0 aromatic heterocycles. The van der Waals surface area contributed by atoms with E-state index < -0.39 is 5.51 Å². The van der Waals surface area contributed by atoms with Crippen molar-refractivity contribution in [1.82, 2.24) is 5.32 Å². The molecule has 0 aromatic rings. The van der Waals surface area contributed by atoms with E-state index in [1.54, 1.807) is 0 Å². The third-order valence-corrected chi connectivity index (χ3v) is 3.22. The molecule has 0 bridgehead atoms. The second kappa shape index (κ2) is 5.47. The lowest BCUT2D eigenvalue weighted by Crippen LogP contribution is -2.46. The first-order chi connectivity index (χ1) is 6.15. The SMILES string of the molecule is CC(Cl)C(C)(C)NCCSC(F)(F)F. The summed E-state index contributed by atoms with van der Waals surface area (Å²) in [6, 6.07) is 0. The summed E-state index contributed by atoms with van der Waals surface area (Å²) in [5, 5.41) is 2.85. The van der Waals surface area contributed by atoms with Crippen LogP contribution in [0.1, 0.15) is 20.8 Å². The Labute approximate surface area is 91.8 Å². The molecule has 0 heterocycles. The van der Waals surface area contributed by atoms with Crippen molar-refractivity contribution in [3.63, 3.8) is 0 Å². The Balaban J connectivity index is 3.65. The molecular weight excluding hydrogens is 235 g/mol. The summed E-state index contributed by atoms with van der Waals surface area (Å²) < 4.78 is 35.2. The monoisotopic (exact) mass is 249 g/mol. The van der Waals surface area contributed by atoms with Crippen molar-refractivity contribution < 1.29 is 13.2 Å². The number of thioether (sulfide) groups is 1. The molecule has 0 aromatic carbocycles. The Morgan fingerprint density at radius 1 is 1.36 bits per heavy atom. The zero-order valence-corrected chi connectivity index (χ0v) is 9.98. The molecule has 0 saturated heterocycles. The second-order valence-corrected chi connectivity index (χ2v) is 5.37. The summed E-state index contributed by atoms with van der Waals surface area (Å²) in [5.74, 6) is 0.0105. The number of hydrogen-bond donors (Lipinski definition) is 1. The molecule has 86 valence electrons. The van der Waals surface area contributed by atoms with Crippen LogP contribution in [0.4, 0.5) is 13.2 Å². The smallest absolute Gasteiger partial charge is 0.310 e. The van der Waals surface area contributed by atoms with Crippen LogP contribution in [0.25, 0.3) is 0 Å². The molecule has 0 rings (SSSR count). The van der Waals surface area contributed by atoms with Crippen molar-refractivity contribution >= 4 is 23.4 Å². The lowest BCUT2D eigenvalue weighted by Gasteiger charge is -2.29. The maximum Gasteiger partial charge on any atom is 0.441 e. The molecule has 1 unspecified atom stereocenters. The highest BCUT2D eigenvalue weighted by Crippen LogP contribution is 2.29. The summed E-state index contributed by atoms with van der Waals surface area (Å²) in [6.45, 7) is 5.84. The van der Waals surface area contributed by atoms with E-state index in [2.05, 4.69) is 5.32 Å². The molecule has 0 fully saturated rings. The first-order valence-corrected chi connectivity index (χ1v) is 5.67. The average molecular weight is 250 g/mol. The lowest BCUT2D eigenvalue weighted by atomic mass is 10.0. The van der Waals surface area contributed by atoms with Gasteiger partial charge in [-0.1, -0.05) is 0 Å². The van der Waals surface area contributed by atoms with E-state index in [1.807, 2.05) is 20.8 Å². The molecule has 1 N–H and O–H groups in total. The maximum atomic E-state index is 11.7. The van der Waals surface area contributed by atoms with Crippen molar-refractivity contribution in [2.24, 2.45) is 0 Å². The van der Waals surface area contributed by atoms with Gasteiger partial charge in [0.2, 0.25) is 0 Å². The molecule has 0 aliphatic heterocycles. The summed E-state index contributed by atoms with van der Waals surface area (Å²) in [5.41, 5.74) is -4.48. The highest BCUT2D eigenvalue weighted by molar-refractivity contribution is 8.00. The predicted molar refractivity (Wildman–Crippen MR) is 55.9 cm³/mol. The van der Waals surface area contributed by atoms with Crippen molar-refractivity contribution in [3.8, 4) is 0 Å². The van der Waals surface area contributed by atoms with E-state index in [-0.39, 0.29) is 28.4 Å². The van der Waals surface area contributed by atoms with E-state index >= 15 is 0 Å². The van der Waals surface area contributed by atoms with Crippen molar-refractivity contribution in [3.05, 3.63) is 0 Å². The topological polar surface area (TPSA) is 12.0 Å². The molecule has 0 amide bonds. The van der Waals surface area contributed by atoms with Crippen molar-refractivity contribution in [1.29, 1.82) is 0 Å². The van der Waals surface area contributed by atoms with Gasteiger partial charge in [0.15, 0.2) is 0 Å². The summed E-state index contributed by atoms with van der Waals surface area (Å²) in [4.78, 5) is 0. The first kappa shape index (κ1) is 14.4. The second-order valence-electron chi connectivity index (χ2n) is 3.56. The van der Waals surface area contributed by atoms with Crippen LogP contribution >= 0.6 is 23.4 Å². The van der Waals surface area contributed by atoms with Crippen LogP contribution < -0.4 is 5.32 Å². The normalized spacial score (nSPS) is 15.6. The van der Waals surface area contributed by atoms with E-state index in [0.717, 1.165) is 0 Å². The summed E-state index contributed by atoms with van der Waals surface area (Å²) in [6.07, 6.45) is 0. The largest absolute Gasteiger partial charge is 0.441 e. The minimum absolute atomic E-state index is 0.0105. The number of nitrogens with one attached hydrogen (secondary N) is 1. The standard InChI is InChI=1S/C8H15ClF3NS/c1-6(9)7(2,3)13-4-5-14-8(10,11)12/h6,13H,4-5H2,1-3H3. The van der Waals surface area contributed by atoms with Crippen LogP contribution in [-0.4, -0.2) is 28.7 Å². The van der Waals surface area contributed by atoms with Gasteiger partial charge in [-0.15, -0.1) is 11.6 Å². The Kier molecular flexibility index (Phi) is 5.62. The highest BCUT2D eigenvalue weighted by atomic mass is 35.5. The molecule has 6 heteroatoms. The third-order valence-electron chi connectivity index (χ3n) is 1.94. The molecule has 1 nitrogen and oxygen atoms in total. The van der Waals surface area contributed by atoms with Crippen LogP contribution in [-0.2, 0) is 0 Å². The fraction of sp³-hybridized carbons (Fsp3) is 1.00. The zero-order chi connectivity index (χ0) is 11.4. The number of rotatable bonds is 5. The molecular formula is C8H15ClF3NS. The van der Waals surface area contributed by atoms with Gasteiger partial charge in [0.25, 0.3) is 0 Å². The Hall–Kier alpha value is 0.390. The highest BCUT2D eigenvalue weighted by Gasteiger charge is 2.28. The first-order valence-electron chi connectivity index (χ1n) is 4.25. The maximum absolute atomic E-state index is 11.7. The fourth-order valence-electron chi connectivity index (χ4n) is 0.681. The van der Waals surface area contributed by atoms with E-state index in [9.17, 15) is 13.2 Å². The summed E-state index contributed by atoms with van der Waals surface area (Å²) in [7, 11) is 0. The van der Waals surface area contributed by atoms with Gasteiger partial charge < -0.3 is 5.32 Å². The fourth-order valence-corrected chi connectivity index (χ4v) is 1.19. The van der Waals surface area contributed by atoms with Crippen molar-refractivity contribution in [2.45, 2.75) is 37.2 Å². The zero-order valence-electron chi connectivity index (χ0n) is 8.41. The lowest BCUT2D eigenvalue weighted by molar-refractivity contribution is -0.0327. The van der Waals surface area contributed by atoms with E-state index in [4.69, 9.17) is 11.6 Å². The summed E-state index contributed by atoms with van der Waals surface area (Å²) >= 11 is 5.83. The van der Waals surface area contributed by atoms with Crippen LogP contribution in [0.3, 0.4) is 0 Å². The molecule has 14 heavy (non-hydrogen) atoms. The van der Waals surface area contributed by atoms with Crippen LogP contribution in [0.5, 0.6) is 0 Å². The van der Waals surface area contributed by atoms with Gasteiger partial charge in [0, 0.05) is 23.2 Å². The van der Waals surface area contributed by atoms with Gasteiger partial charge in [-0.25, -0.2) is 0 Å². The van der Waals surface area contributed by atoms with E-state index in [1.165, 1.54) is 0 Å². The van der Waals surface area contributed by atoms with Gasteiger partial charge in [-0.3, -0.25) is 0 Å². The predicted octanol–water partition coefficient (Wildman–Crippen LogP) is 3.23. The minimum Gasteiger partial charge on any atom is -0.310 e. The quantitative estimate of drug-likeness (QED) is 0.593.